The minimum Gasteiger partial charge on any atom is -0.396 e. The summed E-state index contributed by atoms with van der Waals surface area (Å²) in [5.41, 5.74) is 2.38. The van der Waals surface area contributed by atoms with E-state index in [1.165, 1.54) is 5.56 Å². The first-order chi connectivity index (χ1) is 9.78. The second kappa shape index (κ2) is 8.20. The van der Waals surface area contributed by atoms with Crippen molar-refractivity contribution in [1.29, 1.82) is 0 Å². The van der Waals surface area contributed by atoms with Crippen molar-refractivity contribution >= 4 is 15.9 Å². The second-order valence-corrected chi connectivity index (χ2v) is 5.80. The maximum Gasteiger partial charge on any atom is 0.0717 e. The average Bonchev–Trinajstić information content (AvgIpc) is 2.49. The zero-order chi connectivity index (χ0) is 14.2. The zero-order valence-electron chi connectivity index (χ0n) is 11.3. The second-order valence-electron chi connectivity index (χ2n) is 4.88. The van der Waals surface area contributed by atoms with Gasteiger partial charge in [-0.2, -0.15) is 0 Å². The van der Waals surface area contributed by atoms with Crippen molar-refractivity contribution in [3.05, 3.63) is 70.2 Å². The molecule has 2 aromatic rings. The maximum atomic E-state index is 9.45. The molecule has 1 N–H and O–H groups in total. The molecule has 0 aliphatic heterocycles. The molecular weight excluding hydrogens is 316 g/mol. The molecule has 20 heavy (non-hydrogen) atoms. The predicted octanol–water partition coefficient (Wildman–Crippen LogP) is 3.82. The highest BCUT2D eigenvalue weighted by Gasteiger charge is 2.09. The number of rotatable bonds is 7. The van der Waals surface area contributed by atoms with Crippen LogP contribution in [-0.4, -0.2) is 18.3 Å². The van der Waals surface area contributed by atoms with Crippen molar-refractivity contribution in [2.24, 2.45) is 5.92 Å². The van der Waals surface area contributed by atoms with Crippen LogP contribution in [0.1, 0.15) is 11.1 Å². The summed E-state index contributed by atoms with van der Waals surface area (Å²) < 4.78 is 6.77. The third kappa shape index (κ3) is 5.08. The Morgan fingerprint density at radius 2 is 1.65 bits per heavy atom. The Hall–Kier alpha value is -1.16. The van der Waals surface area contributed by atoms with E-state index < -0.39 is 0 Å². The number of aliphatic hydroxyl groups is 1. The van der Waals surface area contributed by atoms with E-state index in [1.807, 2.05) is 42.5 Å². The summed E-state index contributed by atoms with van der Waals surface area (Å²) in [6.45, 7) is 1.31. The van der Waals surface area contributed by atoms with E-state index in [0.717, 1.165) is 16.5 Å². The molecule has 2 aromatic carbocycles. The molecule has 0 saturated carbocycles. The molecule has 2 rings (SSSR count). The summed E-state index contributed by atoms with van der Waals surface area (Å²) in [4.78, 5) is 0. The molecule has 0 aliphatic rings. The molecule has 1 atom stereocenters. The minimum absolute atomic E-state index is 0.139. The third-order valence-corrected chi connectivity index (χ3v) is 3.69. The lowest BCUT2D eigenvalue weighted by Gasteiger charge is -2.14. The van der Waals surface area contributed by atoms with Gasteiger partial charge in [0.05, 0.1) is 13.2 Å². The van der Waals surface area contributed by atoms with E-state index in [-0.39, 0.29) is 12.5 Å². The summed E-state index contributed by atoms with van der Waals surface area (Å²) in [6.07, 6.45) is 0.832. The van der Waals surface area contributed by atoms with E-state index >= 15 is 0 Å². The van der Waals surface area contributed by atoms with Crippen LogP contribution in [0.5, 0.6) is 0 Å². The molecule has 0 amide bonds. The highest BCUT2D eigenvalue weighted by atomic mass is 79.9. The van der Waals surface area contributed by atoms with Gasteiger partial charge in [-0.15, -0.1) is 0 Å². The van der Waals surface area contributed by atoms with Crippen LogP contribution in [0.4, 0.5) is 0 Å². The molecule has 0 fully saturated rings. The number of halogens is 1. The number of hydrogen-bond acceptors (Lipinski definition) is 2. The van der Waals surface area contributed by atoms with Crippen LogP contribution >= 0.6 is 15.9 Å². The SMILES string of the molecule is OCC(COCc1ccccc1)Cc1ccc(Br)cc1. The predicted molar refractivity (Wildman–Crippen MR) is 84.5 cm³/mol. The largest absolute Gasteiger partial charge is 0.396 e. The smallest absolute Gasteiger partial charge is 0.0717 e. The topological polar surface area (TPSA) is 29.5 Å². The fraction of sp³-hybridized carbons (Fsp3) is 0.294. The summed E-state index contributed by atoms with van der Waals surface area (Å²) in [5, 5.41) is 9.45. The van der Waals surface area contributed by atoms with Gasteiger partial charge in [0.2, 0.25) is 0 Å². The van der Waals surface area contributed by atoms with Crippen LogP contribution in [0, 0.1) is 5.92 Å². The van der Waals surface area contributed by atoms with Gasteiger partial charge in [-0.25, -0.2) is 0 Å². The van der Waals surface area contributed by atoms with Crippen LogP contribution < -0.4 is 0 Å². The van der Waals surface area contributed by atoms with Crippen molar-refractivity contribution in [3.8, 4) is 0 Å². The van der Waals surface area contributed by atoms with Crippen molar-refractivity contribution in [2.45, 2.75) is 13.0 Å². The third-order valence-electron chi connectivity index (χ3n) is 3.16. The van der Waals surface area contributed by atoms with Crippen LogP contribution in [0.15, 0.2) is 59.1 Å². The van der Waals surface area contributed by atoms with E-state index in [9.17, 15) is 5.11 Å². The quantitative estimate of drug-likeness (QED) is 0.834. The lowest BCUT2D eigenvalue weighted by molar-refractivity contribution is 0.0630. The van der Waals surface area contributed by atoms with Gasteiger partial charge in [0.1, 0.15) is 0 Å². The lowest BCUT2D eigenvalue weighted by atomic mass is 10.0. The van der Waals surface area contributed by atoms with Crippen LogP contribution in [-0.2, 0) is 17.8 Å². The first-order valence-corrected chi connectivity index (χ1v) is 7.54. The Kier molecular flexibility index (Phi) is 6.25. The molecule has 0 saturated heterocycles. The summed E-state index contributed by atoms with van der Waals surface area (Å²) in [7, 11) is 0. The molecule has 0 bridgehead atoms. The Labute approximate surface area is 128 Å². The van der Waals surface area contributed by atoms with Gasteiger partial charge in [0.15, 0.2) is 0 Å². The van der Waals surface area contributed by atoms with Gasteiger partial charge in [0.25, 0.3) is 0 Å². The number of benzene rings is 2. The van der Waals surface area contributed by atoms with Gasteiger partial charge >= 0.3 is 0 Å². The van der Waals surface area contributed by atoms with E-state index in [2.05, 4.69) is 28.1 Å². The lowest BCUT2D eigenvalue weighted by Crippen LogP contribution is -2.16. The van der Waals surface area contributed by atoms with Crippen molar-refractivity contribution in [1.82, 2.24) is 0 Å². The Balaban J connectivity index is 1.79. The molecule has 3 heteroatoms. The monoisotopic (exact) mass is 334 g/mol. The fourth-order valence-electron chi connectivity index (χ4n) is 2.05. The van der Waals surface area contributed by atoms with E-state index in [1.54, 1.807) is 0 Å². The maximum absolute atomic E-state index is 9.45. The average molecular weight is 335 g/mol. The molecule has 0 heterocycles. The molecular formula is C17H19BrO2. The Bertz CT molecular complexity index is 496. The fourth-order valence-corrected chi connectivity index (χ4v) is 2.31. The number of hydrogen-bond donors (Lipinski definition) is 1. The minimum atomic E-state index is 0.139. The first-order valence-electron chi connectivity index (χ1n) is 6.75. The normalized spacial score (nSPS) is 12.3. The summed E-state index contributed by atoms with van der Waals surface area (Å²) in [6, 6.07) is 18.3. The van der Waals surface area contributed by atoms with Crippen molar-refractivity contribution in [2.75, 3.05) is 13.2 Å². The molecule has 1 unspecified atom stereocenters. The standard InChI is InChI=1S/C17H19BrO2/c18-17-8-6-14(7-9-17)10-16(11-19)13-20-12-15-4-2-1-3-5-15/h1-9,16,19H,10-13H2. The van der Waals surface area contributed by atoms with Crippen LogP contribution in [0.25, 0.3) is 0 Å². The van der Waals surface area contributed by atoms with Gasteiger partial charge in [-0.1, -0.05) is 58.4 Å². The summed E-state index contributed by atoms with van der Waals surface area (Å²) in [5.74, 6) is 0.139. The Morgan fingerprint density at radius 3 is 2.30 bits per heavy atom. The van der Waals surface area contributed by atoms with Gasteiger partial charge in [0, 0.05) is 17.0 Å². The number of aliphatic hydroxyl groups excluding tert-OH is 1. The molecule has 2 nitrogen and oxygen atoms in total. The molecule has 106 valence electrons. The van der Waals surface area contributed by atoms with Crippen molar-refractivity contribution in [3.63, 3.8) is 0 Å². The van der Waals surface area contributed by atoms with Crippen molar-refractivity contribution < 1.29 is 9.84 Å². The molecule has 0 spiro atoms. The first kappa shape index (κ1) is 15.2. The summed E-state index contributed by atoms with van der Waals surface area (Å²) >= 11 is 3.42. The van der Waals surface area contributed by atoms with E-state index in [4.69, 9.17) is 4.74 Å². The zero-order valence-corrected chi connectivity index (χ0v) is 12.9. The van der Waals surface area contributed by atoms with Crippen LogP contribution in [0.3, 0.4) is 0 Å². The van der Waals surface area contributed by atoms with Gasteiger partial charge < -0.3 is 9.84 Å². The molecule has 0 radical (unpaired) electrons. The number of ether oxygens (including phenoxy) is 1. The van der Waals surface area contributed by atoms with Crippen LogP contribution in [0.2, 0.25) is 0 Å². The van der Waals surface area contributed by atoms with Gasteiger partial charge in [-0.3, -0.25) is 0 Å². The molecule has 0 aromatic heterocycles. The van der Waals surface area contributed by atoms with E-state index in [0.29, 0.717) is 13.2 Å². The highest BCUT2D eigenvalue weighted by Crippen LogP contribution is 2.14. The van der Waals surface area contributed by atoms with Gasteiger partial charge in [-0.05, 0) is 29.7 Å². The highest BCUT2D eigenvalue weighted by molar-refractivity contribution is 9.10. The Morgan fingerprint density at radius 1 is 0.950 bits per heavy atom. The molecule has 0 aliphatic carbocycles.